The highest BCUT2D eigenvalue weighted by molar-refractivity contribution is 5.96. The Kier molecular flexibility index (Phi) is 3.57. The van der Waals surface area contributed by atoms with Crippen LogP contribution in [-0.4, -0.2) is 31.3 Å². The summed E-state index contributed by atoms with van der Waals surface area (Å²) in [6.45, 7) is 1.06. The molecule has 1 aliphatic heterocycles. The molecule has 1 heterocycles. The Hall–Kier alpha value is -1.68. The minimum absolute atomic E-state index is 0.143. The van der Waals surface area contributed by atoms with Crippen molar-refractivity contribution in [1.29, 1.82) is 0 Å². The summed E-state index contributed by atoms with van der Waals surface area (Å²) >= 11 is 0. The number of ether oxygens (including phenoxy) is 1. The molecule has 1 saturated carbocycles. The van der Waals surface area contributed by atoms with E-state index in [1.807, 2.05) is 37.4 Å². The van der Waals surface area contributed by atoms with Gasteiger partial charge in [0.15, 0.2) is 0 Å². The lowest BCUT2D eigenvalue weighted by Gasteiger charge is -2.30. The molecule has 0 amide bonds. The lowest BCUT2D eigenvalue weighted by molar-refractivity contribution is -0.148. The number of nitrogens with zero attached hydrogens (tertiary/aromatic N) is 1. The van der Waals surface area contributed by atoms with Crippen LogP contribution in [0.15, 0.2) is 35.3 Å². The first-order chi connectivity index (χ1) is 9.73. The summed E-state index contributed by atoms with van der Waals surface area (Å²) in [6, 6.07) is 9.59. The molecule has 0 unspecified atom stereocenters. The van der Waals surface area contributed by atoms with E-state index in [1.165, 1.54) is 5.71 Å². The lowest BCUT2D eigenvalue weighted by atomic mass is 9.87. The molecule has 1 atom stereocenters. The first kappa shape index (κ1) is 13.3. The largest absolute Gasteiger partial charge is 0.460 e. The summed E-state index contributed by atoms with van der Waals surface area (Å²) < 4.78 is 5.42. The number of piperidine rings is 1. The van der Waals surface area contributed by atoms with E-state index in [9.17, 15) is 4.79 Å². The van der Waals surface area contributed by atoms with E-state index < -0.39 is 0 Å². The van der Waals surface area contributed by atoms with Crippen LogP contribution in [0.4, 0.5) is 0 Å². The van der Waals surface area contributed by atoms with Gasteiger partial charge in [0, 0.05) is 24.7 Å². The molecule has 1 aromatic carbocycles. The topological polar surface area (TPSA) is 50.7 Å². The predicted octanol–water partition coefficient (Wildman–Crippen LogP) is 1.94. The second-order valence-electron chi connectivity index (χ2n) is 5.68. The third kappa shape index (κ3) is 2.61. The fraction of sp³-hybridized carbons (Fsp3) is 0.500. The maximum Gasteiger partial charge on any atom is 0.323 e. The minimum Gasteiger partial charge on any atom is -0.460 e. The molecule has 2 aliphatic rings. The Morgan fingerprint density at radius 1 is 1.40 bits per heavy atom. The summed E-state index contributed by atoms with van der Waals surface area (Å²) in [5, 5.41) is 3.25. The van der Waals surface area contributed by atoms with Crippen molar-refractivity contribution in [1.82, 2.24) is 5.32 Å². The number of carbonyl (C=O) groups excluding carboxylic acids is 1. The average molecular weight is 272 g/mol. The number of benzene rings is 1. The van der Waals surface area contributed by atoms with E-state index >= 15 is 0 Å². The van der Waals surface area contributed by atoms with Gasteiger partial charge in [0.1, 0.15) is 12.6 Å². The zero-order chi connectivity index (χ0) is 14.0. The molecule has 0 aromatic heterocycles. The fourth-order valence-corrected chi connectivity index (χ4v) is 2.94. The Balaban J connectivity index is 1.56. The van der Waals surface area contributed by atoms with Gasteiger partial charge in [-0.15, -0.1) is 0 Å². The second-order valence-corrected chi connectivity index (χ2v) is 5.68. The maximum absolute atomic E-state index is 12.2. The van der Waals surface area contributed by atoms with Crippen molar-refractivity contribution in [3.63, 3.8) is 0 Å². The van der Waals surface area contributed by atoms with Gasteiger partial charge in [0.2, 0.25) is 0 Å². The number of rotatable bonds is 3. The molecule has 2 fully saturated rings. The molecule has 20 heavy (non-hydrogen) atoms. The molecule has 106 valence electrons. The number of hydrogen-bond donors (Lipinski definition) is 1. The van der Waals surface area contributed by atoms with E-state index in [-0.39, 0.29) is 17.4 Å². The molecular weight excluding hydrogens is 252 g/mol. The third-order valence-corrected chi connectivity index (χ3v) is 4.35. The number of aliphatic imine (C=N–C) groups is 1. The molecule has 1 spiro atoms. The van der Waals surface area contributed by atoms with Gasteiger partial charge in [-0.3, -0.25) is 15.1 Å². The Morgan fingerprint density at radius 2 is 2.15 bits per heavy atom. The van der Waals surface area contributed by atoms with Crippen LogP contribution >= 0.6 is 0 Å². The Labute approximate surface area is 119 Å². The van der Waals surface area contributed by atoms with E-state index in [2.05, 4.69) is 10.3 Å². The molecule has 0 bridgehead atoms. The number of hydrogen-bond acceptors (Lipinski definition) is 4. The van der Waals surface area contributed by atoms with Gasteiger partial charge in [0.25, 0.3) is 0 Å². The van der Waals surface area contributed by atoms with Crippen molar-refractivity contribution >= 4 is 11.7 Å². The van der Waals surface area contributed by atoms with Crippen LogP contribution in [0.25, 0.3) is 0 Å². The minimum atomic E-state index is -0.188. The number of esters is 1. The first-order valence-corrected chi connectivity index (χ1v) is 7.14. The summed E-state index contributed by atoms with van der Waals surface area (Å²) in [4.78, 5) is 16.5. The van der Waals surface area contributed by atoms with E-state index in [4.69, 9.17) is 4.74 Å². The van der Waals surface area contributed by atoms with E-state index in [0.29, 0.717) is 13.2 Å². The van der Waals surface area contributed by atoms with Crippen LogP contribution in [0.3, 0.4) is 0 Å². The fourth-order valence-electron chi connectivity index (χ4n) is 2.94. The second kappa shape index (κ2) is 5.37. The highest BCUT2D eigenvalue weighted by Crippen LogP contribution is 2.52. The monoisotopic (exact) mass is 272 g/mol. The standard InChI is InChI=1S/C16H20N2O2/c1-17-14-10-18-13(9-16(14)7-8-16)15(19)20-11-12-5-3-2-4-6-12/h2-6,13,18H,7-11H2,1H3/b17-14+/t13-/m0/s1. The molecule has 1 aromatic rings. The van der Waals surface area contributed by atoms with Crippen LogP contribution in [0.5, 0.6) is 0 Å². The van der Waals surface area contributed by atoms with Gasteiger partial charge in [-0.05, 0) is 24.8 Å². The molecule has 1 N–H and O–H groups in total. The van der Waals surface area contributed by atoms with Gasteiger partial charge in [-0.25, -0.2) is 0 Å². The summed E-state index contributed by atoms with van der Waals surface area (Å²) in [7, 11) is 1.84. The zero-order valence-electron chi connectivity index (χ0n) is 11.8. The molecule has 4 nitrogen and oxygen atoms in total. The normalized spacial score (nSPS) is 25.6. The molecule has 1 saturated heterocycles. The highest BCUT2D eigenvalue weighted by Gasteiger charge is 2.51. The van der Waals surface area contributed by atoms with Crippen molar-refractivity contribution in [2.45, 2.75) is 31.9 Å². The summed E-state index contributed by atoms with van der Waals surface area (Å²) in [5.41, 5.74) is 2.43. The van der Waals surface area contributed by atoms with Crippen molar-refractivity contribution in [3.8, 4) is 0 Å². The predicted molar refractivity (Wildman–Crippen MR) is 77.7 cm³/mol. The first-order valence-electron chi connectivity index (χ1n) is 7.14. The molecule has 1 aliphatic carbocycles. The molecule has 4 heteroatoms. The van der Waals surface area contributed by atoms with Crippen LogP contribution in [0.2, 0.25) is 0 Å². The molecule has 0 radical (unpaired) electrons. The third-order valence-electron chi connectivity index (χ3n) is 4.35. The maximum atomic E-state index is 12.2. The number of carbonyl (C=O) groups is 1. The van der Waals surface area contributed by atoms with Crippen LogP contribution in [0, 0.1) is 5.41 Å². The van der Waals surface area contributed by atoms with Gasteiger partial charge < -0.3 is 4.74 Å². The molecular formula is C16H20N2O2. The van der Waals surface area contributed by atoms with Gasteiger partial charge in [-0.1, -0.05) is 30.3 Å². The molecule has 3 rings (SSSR count). The van der Waals surface area contributed by atoms with Gasteiger partial charge in [-0.2, -0.15) is 0 Å². The van der Waals surface area contributed by atoms with Crippen LogP contribution < -0.4 is 5.32 Å². The smallest absolute Gasteiger partial charge is 0.323 e. The summed E-state index contributed by atoms with van der Waals surface area (Å²) in [5.74, 6) is -0.143. The Morgan fingerprint density at radius 3 is 2.80 bits per heavy atom. The average Bonchev–Trinajstić information content (AvgIpc) is 3.25. The number of nitrogens with one attached hydrogen (secondary N) is 1. The van der Waals surface area contributed by atoms with E-state index in [0.717, 1.165) is 24.8 Å². The van der Waals surface area contributed by atoms with Gasteiger partial charge in [0.05, 0.1) is 0 Å². The highest BCUT2D eigenvalue weighted by atomic mass is 16.5. The van der Waals surface area contributed by atoms with E-state index in [1.54, 1.807) is 0 Å². The SMILES string of the molecule is C/N=C1\CN[C@H](C(=O)OCc2ccccc2)CC12CC2. The van der Waals surface area contributed by atoms with Crippen LogP contribution in [-0.2, 0) is 16.1 Å². The van der Waals surface area contributed by atoms with Crippen molar-refractivity contribution in [3.05, 3.63) is 35.9 Å². The van der Waals surface area contributed by atoms with Crippen LogP contribution in [0.1, 0.15) is 24.8 Å². The van der Waals surface area contributed by atoms with Crippen molar-refractivity contribution in [2.24, 2.45) is 10.4 Å². The quantitative estimate of drug-likeness (QED) is 0.856. The van der Waals surface area contributed by atoms with Gasteiger partial charge >= 0.3 is 5.97 Å². The van der Waals surface area contributed by atoms with Crippen molar-refractivity contribution < 1.29 is 9.53 Å². The lowest BCUT2D eigenvalue weighted by Crippen LogP contribution is -2.50. The van der Waals surface area contributed by atoms with Crippen molar-refractivity contribution in [2.75, 3.05) is 13.6 Å². The Bertz CT molecular complexity index is 521. The zero-order valence-corrected chi connectivity index (χ0v) is 11.8. The summed E-state index contributed by atoms with van der Waals surface area (Å²) in [6.07, 6.45) is 3.14.